The molecule has 0 saturated heterocycles. The predicted octanol–water partition coefficient (Wildman–Crippen LogP) is 3.43. The summed E-state index contributed by atoms with van der Waals surface area (Å²) in [5.74, 6) is 0. The molecule has 0 bridgehead atoms. The number of sulfonamides is 1. The fourth-order valence-electron chi connectivity index (χ4n) is 2.26. The van der Waals surface area contributed by atoms with Crippen molar-refractivity contribution >= 4 is 20.8 Å². The second-order valence-corrected chi connectivity index (χ2v) is 6.54. The second kappa shape index (κ2) is 6.20. The van der Waals surface area contributed by atoms with Crippen molar-refractivity contribution in [2.75, 3.05) is 13.1 Å². The zero-order valence-electron chi connectivity index (χ0n) is 11.6. The topological polar surface area (TPSA) is 37.4 Å². The Bertz CT molecular complexity index is 702. The molecule has 0 aliphatic rings. The van der Waals surface area contributed by atoms with E-state index in [1.54, 1.807) is 18.2 Å². The van der Waals surface area contributed by atoms with Gasteiger partial charge in [0.15, 0.2) is 0 Å². The van der Waals surface area contributed by atoms with Crippen LogP contribution in [0.15, 0.2) is 60.0 Å². The number of nitrogens with zero attached hydrogens (tertiary/aromatic N) is 1. The third-order valence-electron chi connectivity index (χ3n) is 3.17. The van der Waals surface area contributed by atoms with Gasteiger partial charge in [-0.3, -0.25) is 0 Å². The fraction of sp³-hybridized carbons (Fsp3) is 0.250. The summed E-state index contributed by atoms with van der Waals surface area (Å²) in [6.45, 7) is 6.44. The molecule has 0 amide bonds. The Morgan fingerprint density at radius 2 is 1.85 bits per heavy atom. The highest BCUT2D eigenvalue weighted by atomic mass is 32.2. The Morgan fingerprint density at radius 3 is 2.55 bits per heavy atom. The summed E-state index contributed by atoms with van der Waals surface area (Å²) in [5.41, 5.74) is 0. The van der Waals surface area contributed by atoms with E-state index in [0.717, 1.165) is 17.2 Å². The minimum absolute atomic E-state index is 0.333. The van der Waals surface area contributed by atoms with E-state index in [1.807, 2.05) is 37.3 Å². The van der Waals surface area contributed by atoms with Gasteiger partial charge in [0, 0.05) is 18.5 Å². The summed E-state index contributed by atoms with van der Waals surface area (Å²) in [6, 6.07) is 12.9. The van der Waals surface area contributed by atoms with Crippen molar-refractivity contribution < 1.29 is 8.42 Å². The second-order valence-electron chi connectivity index (χ2n) is 4.63. The Balaban J connectivity index is 2.58. The van der Waals surface area contributed by atoms with Crippen molar-refractivity contribution in [3.63, 3.8) is 0 Å². The molecule has 0 atom stereocenters. The first-order valence-electron chi connectivity index (χ1n) is 6.70. The van der Waals surface area contributed by atoms with Gasteiger partial charge in [0.25, 0.3) is 0 Å². The van der Waals surface area contributed by atoms with Gasteiger partial charge in [-0.15, -0.1) is 6.58 Å². The van der Waals surface area contributed by atoms with Gasteiger partial charge < -0.3 is 0 Å². The molecule has 4 heteroatoms. The van der Waals surface area contributed by atoms with Gasteiger partial charge in [0.05, 0.1) is 4.90 Å². The number of hydrogen-bond acceptors (Lipinski definition) is 2. The molecule has 20 heavy (non-hydrogen) atoms. The fourth-order valence-corrected chi connectivity index (χ4v) is 3.98. The van der Waals surface area contributed by atoms with E-state index in [9.17, 15) is 8.42 Å². The molecule has 106 valence electrons. The third kappa shape index (κ3) is 2.76. The number of hydrogen-bond donors (Lipinski definition) is 0. The first-order chi connectivity index (χ1) is 9.61. The van der Waals surface area contributed by atoms with Crippen molar-refractivity contribution in [3.8, 4) is 0 Å². The van der Waals surface area contributed by atoms with Crippen LogP contribution >= 0.6 is 0 Å². The molecule has 0 radical (unpaired) electrons. The lowest BCUT2D eigenvalue weighted by molar-refractivity contribution is 0.442. The van der Waals surface area contributed by atoms with Crippen molar-refractivity contribution in [3.05, 3.63) is 55.1 Å². The molecule has 0 aromatic heterocycles. The minimum atomic E-state index is -3.49. The van der Waals surface area contributed by atoms with Crippen LogP contribution < -0.4 is 0 Å². The van der Waals surface area contributed by atoms with Crippen LogP contribution in [0, 0.1) is 0 Å². The first-order valence-corrected chi connectivity index (χ1v) is 8.14. The molecule has 3 nitrogen and oxygen atoms in total. The summed E-state index contributed by atoms with van der Waals surface area (Å²) in [5, 5.41) is 1.70. The van der Waals surface area contributed by atoms with Gasteiger partial charge in [0.1, 0.15) is 0 Å². The van der Waals surface area contributed by atoms with Crippen LogP contribution in [0.25, 0.3) is 10.8 Å². The first kappa shape index (κ1) is 14.8. The lowest BCUT2D eigenvalue weighted by Crippen LogP contribution is -2.32. The molecule has 0 aliphatic carbocycles. The highest BCUT2D eigenvalue weighted by molar-refractivity contribution is 7.89. The normalized spacial score (nSPS) is 11.9. The van der Waals surface area contributed by atoms with Crippen molar-refractivity contribution in [1.82, 2.24) is 4.31 Å². The molecule has 2 aromatic carbocycles. The summed E-state index contributed by atoms with van der Waals surface area (Å²) < 4.78 is 27.1. The Morgan fingerprint density at radius 1 is 1.15 bits per heavy atom. The van der Waals surface area contributed by atoms with Crippen molar-refractivity contribution in [2.24, 2.45) is 0 Å². The van der Waals surface area contributed by atoms with Crippen LogP contribution in [-0.2, 0) is 10.0 Å². The van der Waals surface area contributed by atoms with Crippen LogP contribution in [0.1, 0.15) is 13.3 Å². The number of fused-ring (bicyclic) bond motifs is 1. The Kier molecular flexibility index (Phi) is 4.57. The lowest BCUT2D eigenvalue weighted by Gasteiger charge is -2.21. The standard InChI is InChI=1S/C16H19NO2S/c1-3-12-17(13-4-2)20(18,19)16-11-7-9-14-8-5-6-10-15(14)16/h3,5-11H,1,4,12-13H2,2H3. The van der Waals surface area contributed by atoms with E-state index in [1.165, 1.54) is 4.31 Å². The van der Waals surface area contributed by atoms with Gasteiger partial charge in [-0.05, 0) is 17.9 Å². The molecule has 0 aliphatic heterocycles. The van der Waals surface area contributed by atoms with Gasteiger partial charge in [0.2, 0.25) is 10.0 Å². The lowest BCUT2D eigenvalue weighted by atomic mass is 10.1. The highest BCUT2D eigenvalue weighted by Gasteiger charge is 2.24. The maximum absolute atomic E-state index is 12.8. The predicted molar refractivity (Wildman–Crippen MR) is 83.2 cm³/mol. The molecule has 0 fully saturated rings. The van der Waals surface area contributed by atoms with Crippen LogP contribution in [0.3, 0.4) is 0 Å². The van der Waals surface area contributed by atoms with E-state index in [0.29, 0.717) is 18.0 Å². The summed E-state index contributed by atoms with van der Waals surface area (Å²) in [6.07, 6.45) is 2.40. The summed E-state index contributed by atoms with van der Waals surface area (Å²) >= 11 is 0. The largest absolute Gasteiger partial charge is 0.243 e. The van der Waals surface area contributed by atoms with Gasteiger partial charge in [-0.2, -0.15) is 4.31 Å². The SMILES string of the molecule is C=CCN(CCC)S(=O)(=O)c1cccc2ccccc12. The van der Waals surface area contributed by atoms with Crippen LogP contribution in [0.4, 0.5) is 0 Å². The number of rotatable bonds is 6. The smallest absolute Gasteiger partial charge is 0.207 e. The molecule has 2 aromatic rings. The average Bonchev–Trinajstić information content (AvgIpc) is 2.46. The average molecular weight is 289 g/mol. The highest BCUT2D eigenvalue weighted by Crippen LogP contribution is 2.25. The van der Waals surface area contributed by atoms with E-state index >= 15 is 0 Å². The maximum atomic E-state index is 12.8. The summed E-state index contributed by atoms with van der Waals surface area (Å²) in [7, 11) is -3.49. The minimum Gasteiger partial charge on any atom is -0.207 e. The van der Waals surface area contributed by atoms with Gasteiger partial charge in [-0.25, -0.2) is 8.42 Å². The maximum Gasteiger partial charge on any atom is 0.243 e. The van der Waals surface area contributed by atoms with Gasteiger partial charge >= 0.3 is 0 Å². The zero-order chi connectivity index (χ0) is 14.6. The molecular weight excluding hydrogens is 270 g/mol. The molecule has 0 unspecified atom stereocenters. The van der Waals surface area contributed by atoms with Gasteiger partial charge in [-0.1, -0.05) is 49.4 Å². The van der Waals surface area contributed by atoms with Crippen LogP contribution in [0.2, 0.25) is 0 Å². The van der Waals surface area contributed by atoms with E-state index in [-0.39, 0.29) is 0 Å². The van der Waals surface area contributed by atoms with Crippen molar-refractivity contribution in [1.29, 1.82) is 0 Å². The molecule has 0 N–H and O–H groups in total. The van der Waals surface area contributed by atoms with Crippen LogP contribution in [-0.4, -0.2) is 25.8 Å². The molecule has 2 rings (SSSR count). The Labute approximate surface area is 120 Å². The molecule has 0 saturated carbocycles. The van der Waals surface area contributed by atoms with E-state index in [2.05, 4.69) is 6.58 Å². The molecule has 0 heterocycles. The monoisotopic (exact) mass is 289 g/mol. The zero-order valence-corrected chi connectivity index (χ0v) is 12.4. The molecular formula is C16H19NO2S. The molecule has 0 spiro atoms. The third-order valence-corrected chi connectivity index (χ3v) is 5.10. The Hall–Kier alpha value is -1.65. The summed E-state index contributed by atoms with van der Waals surface area (Å²) in [4.78, 5) is 0.367. The van der Waals surface area contributed by atoms with Crippen LogP contribution in [0.5, 0.6) is 0 Å². The number of benzene rings is 2. The van der Waals surface area contributed by atoms with E-state index < -0.39 is 10.0 Å². The quantitative estimate of drug-likeness (QED) is 0.764. The van der Waals surface area contributed by atoms with Crippen molar-refractivity contribution in [2.45, 2.75) is 18.2 Å². The van der Waals surface area contributed by atoms with E-state index in [4.69, 9.17) is 0 Å².